The summed E-state index contributed by atoms with van der Waals surface area (Å²) >= 11 is 6.18. The molecule has 2 aromatic rings. The van der Waals surface area contributed by atoms with Gasteiger partial charge in [-0.2, -0.15) is 0 Å². The molecule has 10 heteroatoms. The van der Waals surface area contributed by atoms with Crippen molar-refractivity contribution in [2.45, 2.75) is 18.9 Å². The summed E-state index contributed by atoms with van der Waals surface area (Å²) < 4.78 is 10.5. The average molecular weight is 420 g/mol. The van der Waals surface area contributed by atoms with Crippen LogP contribution in [0.2, 0.25) is 5.02 Å². The molecule has 2 amide bonds. The van der Waals surface area contributed by atoms with Crippen molar-refractivity contribution in [1.29, 1.82) is 0 Å². The molecule has 0 spiro atoms. The van der Waals surface area contributed by atoms with Crippen LogP contribution < -0.4 is 10.2 Å². The number of nitrogens with zero attached hydrogens (tertiary/aromatic N) is 4. The van der Waals surface area contributed by atoms with Crippen molar-refractivity contribution in [3.63, 3.8) is 0 Å². The monoisotopic (exact) mass is 419 g/mol. The molecule has 0 atom stereocenters. The summed E-state index contributed by atoms with van der Waals surface area (Å²) in [6.07, 6.45) is 4.24. The maximum Gasteiger partial charge on any atom is 0.289 e. The van der Waals surface area contributed by atoms with Gasteiger partial charge in [-0.25, -0.2) is 9.97 Å². The van der Waals surface area contributed by atoms with Crippen LogP contribution in [0.1, 0.15) is 33.9 Å². The van der Waals surface area contributed by atoms with E-state index in [1.807, 2.05) is 4.90 Å². The summed E-state index contributed by atoms with van der Waals surface area (Å²) in [7, 11) is 0. The van der Waals surface area contributed by atoms with Gasteiger partial charge >= 0.3 is 0 Å². The van der Waals surface area contributed by atoms with Crippen LogP contribution in [0.3, 0.4) is 0 Å². The SMILES string of the molecule is O=C(NC1CCN(C(=O)c2ccco2)CC1)c1nc(N2CCOCC2)ncc1Cl. The Bertz CT molecular complexity index is 861. The third kappa shape index (κ3) is 4.51. The second kappa shape index (κ2) is 8.79. The topological polar surface area (TPSA) is 101 Å². The van der Waals surface area contributed by atoms with E-state index < -0.39 is 0 Å². The number of carbonyl (C=O) groups excluding carboxylic acids is 2. The summed E-state index contributed by atoms with van der Waals surface area (Å²) in [5, 5.41) is 3.20. The molecule has 0 radical (unpaired) electrons. The Kier molecular flexibility index (Phi) is 5.96. The van der Waals surface area contributed by atoms with Gasteiger partial charge in [-0.05, 0) is 25.0 Å². The molecule has 2 aliphatic heterocycles. The van der Waals surface area contributed by atoms with Crippen LogP contribution in [-0.2, 0) is 4.74 Å². The van der Waals surface area contributed by atoms with E-state index in [1.165, 1.54) is 12.5 Å². The van der Waals surface area contributed by atoms with Crippen molar-refractivity contribution in [3.05, 3.63) is 41.1 Å². The van der Waals surface area contributed by atoms with E-state index in [9.17, 15) is 9.59 Å². The number of halogens is 1. The Balaban J connectivity index is 1.35. The molecule has 29 heavy (non-hydrogen) atoms. The number of carbonyl (C=O) groups is 2. The van der Waals surface area contributed by atoms with E-state index in [1.54, 1.807) is 17.0 Å². The Morgan fingerprint density at radius 2 is 1.93 bits per heavy atom. The highest BCUT2D eigenvalue weighted by atomic mass is 35.5. The number of furan rings is 1. The molecule has 2 saturated heterocycles. The molecule has 0 aliphatic carbocycles. The first-order valence-electron chi connectivity index (χ1n) is 9.60. The number of nitrogens with one attached hydrogen (secondary N) is 1. The normalized spacial score (nSPS) is 18.0. The molecule has 2 aromatic heterocycles. The molecule has 4 rings (SSSR count). The van der Waals surface area contributed by atoms with Gasteiger partial charge in [0.1, 0.15) is 0 Å². The Labute approximate surface area is 173 Å². The van der Waals surface area contributed by atoms with E-state index in [0.717, 1.165) is 0 Å². The van der Waals surface area contributed by atoms with Gasteiger partial charge in [0.25, 0.3) is 11.8 Å². The van der Waals surface area contributed by atoms with E-state index >= 15 is 0 Å². The number of piperidine rings is 1. The molecule has 2 aliphatic rings. The summed E-state index contributed by atoms with van der Waals surface area (Å²) in [4.78, 5) is 37.4. The molecule has 4 heterocycles. The highest BCUT2D eigenvalue weighted by Crippen LogP contribution is 2.19. The van der Waals surface area contributed by atoms with Gasteiger partial charge in [-0.1, -0.05) is 11.6 Å². The maximum absolute atomic E-state index is 12.7. The molecule has 0 unspecified atom stereocenters. The van der Waals surface area contributed by atoms with Gasteiger partial charge in [0.05, 0.1) is 30.7 Å². The number of morpholine rings is 1. The molecule has 0 aromatic carbocycles. The summed E-state index contributed by atoms with van der Waals surface area (Å²) in [6, 6.07) is 3.29. The van der Waals surface area contributed by atoms with E-state index in [-0.39, 0.29) is 28.6 Å². The molecular formula is C19H22ClN5O4. The first-order valence-corrected chi connectivity index (χ1v) is 9.98. The van der Waals surface area contributed by atoms with Crippen molar-refractivity contribution >= 4 is 29.4 Å². The minimum absolute atomic E-state index is 0.0546. The van der Waals surface area contributed by atoms with Crippen LogP contribution in [0.25, 0.3) is 0 Å². The molecule has 1 N–H and O–H groups in total. The smallest absolute Gasteiger partial charge is 0.289 e. The third-order valence-corrected chi connectivity index (χ3v) is 5.37. The first-order chi connectivity index (χ1) is 14.1. The lowest BCUT2D eigenvalue weighted by Crippen LogP contribution is -2.46. The predicted octanol–water partition coefficient (Wildman–Crippen LogP) is 1.59. The molecule has 2 fully saturated rings. The van der Waals surface area contributed by atoms with E-state index in [0.29, 0.717) is 63.9 Å². The van der Waals surface area contributed by atoms with Gasteiger partial charge in [-0.3, -0.25) is 9.59 Å². The minimum Gasteiger partial charge on any atom is -0.459 e. The van der Waals surface area contributed by atoms with Crippen LogP contribution >= 0.6 is 11.6 Å². The van der Waals surface area contributed by atoms with E-state index in [2.05, 4.69) is 15.3 Å². The standard InChI is InChI=1S/C19H22ClN5O4/c20-14-12-21-19(25-7-10-28-11-8-25)23-16(14)17(26)22-13-3-5-24(6-4-13)18(27)15-2-1-9-29-15/h1-2,9,12-13H,3-8,10-11H2,(H,22,26). The number of hydrogen-bond donors (Lipinski definition) is 1. The number of ether oxygens (including phenoxy) is 1. The number of hydrogen-bond acceptors (Lipinski definition) is 7. The zero-order chi connectivity index (χ0) is 20.2. The Hall–Kier alpha value is -2.65. The maximum atomic E-state index is 12.7. The average Bonchev–Trinajstić information content (AvgIpc) is 3.29. The van der Waals surface area contributed by atoms with Crippen LogP contribution in [0.4, 0.5) is 5.95 Å². The summed E-state index contributed by atoms with van der Waals surface area (Å²) in [6.45, 7) is 3.63. The van der Waals surface area contributed by atoms with Crippen LogP contribution in [0.5, 0.6) is 0 Å². The quantitative estimate of drug-likeness (QED) is 0.803. The fourth-order valence-electron chi connectivity index (χ4n) is 3.47. The van der Waals surface area contributed by atoms with Crippen molar-refractivity contribution in [2.24, 2.45) is 0 Å². The molecule has 0 bridgehead atoms. The minimum atomic E-state index is -0.331. The second-order valence-electron chi connectivity index (χ2n) is 6.98. The zero-order valence-electron chi connectivity index (χ0n) is 15.8. The molecule has 154 valence electrons. The van der Waals surface area contributed by atoms with E-state index in [4.69, 9.17) is 20.8 Å². The fraction of sp³-hybridized carbons (Fsp3) is 0.474. The molecule has 9 nitrogen and oxygen atoms in total. The van der Waals surface area contributed by atoms with Crippen LogP contribution in [0, 0.1) is 0 Å². The zero-order valence-corrected chi connectivity index (χ0v) is 16.6. The summed E-state index contributed by atoms with van der Waals surface area (Å²) in [5.41, 5.74) is 0.164. The highest BCUT2D eigenvalue weighted by molar-refractivity contribution is 6.33. The molecular weight excluding hydrogens is 398 g/mol. The van der Waals surface area contributed by atoms with Gasteiger partial charge in [0, 0.05) is 32.2 Å². The van der Waals surface area contributed by atoms with Crippen molar-refractivity contribution in [3.8, 4) is 0 Å². The number of likely N-dealkylation sites (tertiary alicyclic amines) is 1. The molecule has 0 saturated carbocycles. The van der Waals surface area contributed by atoms with Crippen LogP contribution in [-0.4, -0.2) is 72.1 Å². The second-order valence-corrected chi connectivity index (χ2v) is 7.39. The Morgan fingerprint density at radius 3 is 2.62 bits per heavy atom. The van der Waals surface area contributed by atoms with Crippen LogP contribution in [0.15, 0.2) is 29.0 Å². The number of anilines is 1. The first kappa shape index (κ1) is 19.7. The third-order valence-electron chi connectivity index (χ3n) is 5.09. The fourth-order valence-corrected chi connectivity index (χ4v) is 3.65. The predicted molar refractivity (Wildman–Crippen MR) is 105 cm³/mol. The number of rotatable bonds is 4. The highest BCUT2D eigenvalue weighted by Gasteiger charge is 2.27. The summed E-state index contributed by atoms with van der Waals surface area (Å²) in [5.74, 6) is 0.342. The van der Waals surface area contributed by atoms with Crippen molar-refractivity contribution in [2.75, 3.05) is 44.3 Å². The lowest BCUT2D eigenvalue weighted by atomic mass is 10.0. The largest absolute Gasteiger partial charge is 0.459 e. The number of aromatic nitrogens is 2. The Morgan fingerprint density at radius 1 is 1.17 bits per heavy atom. The lowest BCUT2D eigenvalue weighted by Gasteiger charge is -2.32. The van der Waals surface area contributed by atoms with Crippen molar-refractivity contribution < 1.29 is 18.7 Å². The number of amides is 2. The van der Waals surface area contributed by atoms with Gasteiger partial charge < -0.3 is 24.3 Å². The van der Waals surface area contributed by atoms with Gasteiger partial charge in [0.15, 0.2) is 11.5 Å². The van der Waals surface area contributed by atoms with Crippen molar-refractivity contribution in [1.82, 2.24) is 20.2 Å². The van der Waals surface area contributed by atoms with Gasteiger partial charge in [0.2, 0.25) is 5.95 Å². The lowest BCUT2D eigenvalue weighted by molar-refractivity contribution is 0.0667. The van der Waals surface area contributed by atoms with Gasteiger partial charge in [-0.15, -0.1) is 0 Å².